The molecule has 1 aliphatic rings. The number of nitrogens with zero attached hydrogens (tertiary/aromatic N) is 4. The molecule has 0 spiro atoms. The molecule has 0 saturated carbocycles. The van der Waals surface area contributed by atoms with Gasteiger partial charge in [0.05, 0.1) is 11.6 Å². The molecule has 4 nitrogen and oxygen atoms in total. The van der Waals surface area contributed by atoms with Gasteiger partial charge in [-0.15, -0.1) is 0 Å². The summed E-state index contributed by atoms with van der Waals surface area (Å²) in [5, 5.41) is 14.7. The second-order valence-electron chi connectivity index (χ2n) is 3.93. The standard InChI is InChI=1S/C12H14Cl2N4/c1-5-7(2)9-10(13)17-12(8(3)6-15)18(16-4)11(9)14/h7H,4-5H2,1-3H3/b12-8+. The van der Waals surface area contributed by atoms with Crippen molar-refractivity contribution >= 4 is 35.1 Å². The lowest BCUT2D eigenvalue weighted by Crippen LogP contribution is -2.24. The van der Waals surface area contributed by atoms with Crippen LogP contribution in [0.2, 0.25) is 0 Å². The van der Waals surface area contributed by atoms with E-state index >= 15 is 0 Å². The van der Waals surface area contributed by atoms with Gasteiger partial charge in [0.1, 0.15) is 10.3 Å². The van der Waals surface area contributed by atoms with Crippen molar-refractivity contribution in [3.63, 3.8) is 0 Å². The van der Waals surface area contributed by atoms with Crippen molar-refractivity contribution in [2.75, 3.05) is 0 Å². The third-order valence-electron chi connectivity index (χ3n) is 2.78. The van der Waals surface area contributed by atoms with Gasteiger partial charge in [-0.1, -0.05) is 37.0 Å². The van der Waals surface area contributed by atoms with Crippen LogP contribution in [0.5, 0.6) is 0 Å². The summed E-state index contributed by atoms with van der Waals surface area (Å²) in [7, 11) is 0. The van der Waals surface area contributed by atoms with Crippen LogP contribution >= 0.6 is 23.2 Å². The van der Waals surface area contributed by atoms with Crippen molar-refractivity contribution in [3.05, 3.63) is 22.1 Å². The lowest BCUT2D eigenvalue weighted by molar-refractivity contribution is 0.461. The van der Waals surface area contributed by atoms with Gasteiger partial charge >= 0.3 is 0 Å². The highest BCUT2D eigenvalue weighted by Crippen LogP contribution is 2.34. The zero-order valence-corrected chi connectivity index (χ0v) is 12.0. The molecule has 6 heteroatoms. The Morgan fingerprint density at radius 1 is 1.61 bits per heavy atom. The summed E-state index contributed by atoms with van der Waals surface area (Å²) in [4.78, 5) is 4.20. The first-order valence-electron chi connectivity index (χ1n) is 5.49. The fourth-order valence-electron chi connectivity index (χ4n) is 1.53. The smallest absolute Gasteiger partial charge is 0.170 e. The quantitative estimate of drug-likeness (QED) is 0.450. The molecule has 1 rings (SSSR count). The topological polar surface area (TPSA) is 51.8 Å². The van der Waals surface area contributed by atoms with Crippen molar-refractivity contribution in [3.8, 4) is 6.07 Å². The zero-order chi connectivity index (χ0) is 13.9. The molecule has 0 aliphatic carbocycles. The van der Waals surface area contributed by atoms with Crippen LogP contribution in [0, 0.1) is 17.2 Å². The predicted octanol–water partition coefficient (Wildman–Crippen LogP) is 3.81. The number of hydrogen-bond acceptors (Lipinski definition) is 4. The largest absolute Gasteiger partial charge is 0.215 e. The van der Waals surface area contributed by atoms with Gasteiger partial charge in [0.15, 0.2) is 5.82 Å². The molecule has 1 heterocycles. The Morgan fingerprint density at radius 3 is 2.67 bits per heavy atom. The third kappa shape index (κ3) is 2.58. The highest BCUT2D eigenvalue weighted by molar-refractivity contribution is 6.70. The van der Waals surface area contributed by atoms with Gasteiger partial charge in [0, 0.05) is 12.3 Å². The van der Waals surface area contributed by atoms with E-state index in [1.807, 2.05) is 19.9 Å². The molecule has 96 valence electrons. The second kappa shape index (κ2) is 6.03. The number of hydrazone groups is 1. The summed E-state index contributed by atoms with van der Waals surface area (Å²) in [6.45, 7) is 9.11. The number of halogens is 2. The summed E-state index contributed by atoms with van der Waals surface area (Å²) in [6.07, 6.45) is 0.874. The normalized spacial score (nSPS) is 20.2. The van der Waals surface area contributed by atoms with Gasteiger partial charge in [0.25, 0.3) is 0 Å². The van der Waals surface area contributed by atoms with E-state index in [1.54, 1.807) is 6.92 Å². The number of hydrogen-bond donors (Lipinski definition) is 0. The highest BCUT2D eigenvalue weighted by Gasteiger charge is 2.28. The van der Waals surface area contributed by atoms with E-state index in [4.69, 9.17) is 28.5 Å². The van der Waals surface area contributed by atoms with Crippen molar-refractivity contribution in [2.45, 2.75) is 27.2 Å². The number of nitriles is 1. The maximum absolute atomic E-state index is 8.93. The lowest BCUT2D eigenvalue weighted by Gasteiger charge is -2.27. The molecule has 1 unspecified atom stereocenters. The molecular weight excluding hydrogens is 271 g/mol. The Hall–Kier alpha value is -1.31. The zero-order valence-electron chi connectivity index (χ0n) is 10.5. The molecule has 0 N–H and O–H groups in total. The fourth-order valence-corrected chi connectivity index (χ4v) is 2.34. The Bertz CT molecular complexity index is 497. The van der Waals surface area contributed by atoms with Crippen LogP contribution in [0.3, 0.4) is 0 Å². The number of rotatable bonds is 3. The van der Waals surface area contributed by atoms with Gasteiger partial charge in [0.2, 0.25) is 0 Å². The van der Waals surface area contributed by atoms with E-state index in [1.165, 1.54) is 5.01 Å². The van der Waals surface area contributed by atoms with Crippen molar-refractivity contribution in [1.82, 2.24) is 5.01 Å². The van der Waals surface area contributed by atoms with E-state index < -0.39 is 0 Å². The molecule has 0 aromatic carbocycles. The summed E-state index contributed by atoms with van der Waals surface area (Å²) >= 11 is 12.4. The average molecular weight is 285 g/mol. The first-order chi connectivity index (χ1) is 8.47. The molecule has 1 aliphatic heterocycles. The molecular formula is C12H14Cl2N4. The summed E-state index contributed by atoms with van der Waals surface area (Å²) in [5.74, 6) is 0.469. The van der Waals surface area contributed by atoms with Crippen LogP contribution < -0.4 is 0 Å². The Kier molecular flexibility index (Phi) is 4.94. The maximum Gasteiger partial charge on any atom is 0.170 e. The van der Waals surface area contributed by atoms with E-state index in [-0.39, 0.29) is 5.92 Å². The van der Waals surface area contributed by atoms with E-state index in [9.17, 15) is 0 Å². The molecule has 1 atom stereocenters. The van der Waals surface area contributed by atoms with E-state index in [0.29, 0.717) is 21.7 Å². The van der Waals surface area contributed by atoms with Gasteiger partial charge in [-0.2, -0.15) is 10.4 Å². The van der Waals surface area contributed by atoms with Gasteiger partial charge in [-0.25, -0.2) is 10.0 Å². The van der Waals surface area contributed by atoms with Crippen LogP contribution in [0.4, 0.5) is 0 Å². The molecule has 18 heavy (non-hydrogen) atoms. The maximum atomic E-state index is 8.93. The van der Waals surface area contributed by atoms with Gasteiger partial charge in [-0.3, -0.25) is 0 Å². The van der Waals surface area contributed by atoms with E-state index in [2.05, 4.69) is 16.8 Å². The molecule has 0 radical (unpaired) electrons. The van der Waals surface area contributed by atoms with Crippen molar-refractivity contribution < 1.29 is 0 Å². The van der Waals surface area contributed by atoms with Crippen LogP contribution in [-0.4, -0.2) is 16.9 Å². The predicted molar refractivity (Wildman–Crippen MR) is 75.3 cm³/mol. The Labute approximate surface area is 117 Å². The second-order valence-corrected chi connectivity index (χ2v) is 4.65. The van der Waals surface area contributed by atoms with Crippen molar-refractivity contribution in [1.29, 1.82) is 5.26 Å². The minimum Gasteiger partial charge on any atom is -0.215 e. The van der Waals surface area contributed by atoms with Gasteiger partial charge in [-0.05, 0) is 19.3 Å². The average Bonchev–Trinajstić information content (AvgIpc) is 2.36. The minimum absolute atomic E-state index is 0.155. The monoisotopic (exact) mass is 284 g/mol. The number of aliphatic imine (C=N–C) groups is 1. The van der Waals surface area contributed by atoms with Gasteiger partial charge < -0.3 is 0 Å². The van der Waals surface area contributed by atoms with Crippen LogP contribution in [-0.2, 0) is 0 Å². The van der Waals surface area contributed by atoms with Crippen LogP contribution in [0.1, 0.15) is 27.2 Å². The van der Waals surface area contributed by atoms with Crippen LogP contribution in [0.15, 0.2) is 32.2 Å². The molecule has 0 saturated heterocycles. The SMILES string of the molecule is C=NN1C(Cl)=C(C(C)CC)C(Cl)=N/C1=C(/C)C#N. The molecule has 0 fully saturated rings. The van der Waals surface area contributed by atoms with Crippen molar-refractivity contribution in [2.24, 2.45) is 16.0 Å². The summed E-state index contributed by atoms with van der Waals surface area (Å²) < 4.78 is 0. The summed E-state index contributed by atoms with van der Waals surface area (Å²) in [6, 6.07) is 2.00. The fraction of sp³-hybridized carbons (Fsp3) is 0.417. The molecule has 0 amide bonds. The van der Waals surface area contributed by atoms with Crippen LogP contribution in [0.25, 0.3) is 0 Å². The lowest BCUT2D eigenvalue weighted by atomic mass is 9.99. The highest BCUT2D eigenvalue weighted by atomic mass is 35.5. The molecule has 0 aromatic rings. The summed E-state index contributed by atoms with van der Waals surface area (Å²) in [5.41, 5.74) is 1.10. The minimum atomic E-state index is 0.155. The number of allylic oxidation sites excluding steroid dienone is 2. The molecule has 0 bridgehead atoms. The Morgan fingerprint density at radius 2 is 2.22 bits per heavy atom. The first-order valence-corrected chi connectivity index (χ1v) is 6.25. The molecule has 0 aromatic heterocycles. The first kappa shape index (κ1) is 14.7. The third-order valence-corrected chi connectivity index (χ3v) is 3.44. The Balaban J connectivity index is 3.42. The van der Waals surface area contributed by atoms with E-state index in [0.717, 1.165) is 12.0 Å².